The van der Waals surface area contributed by atoms with E-state index in [9.17, 15) is 38.9 Å². The van der Waals surface area contributed by atoms with Crippen LogP contribution in [0.15, 0.2) is 11.0 Å². The van der Waals surface area contributed by atoms with Gasteiger partial charge in [-0.25, -0.2) is 18.7 Å². The molecule has 3 rings (SSSR count). The number of aliphatic hydroxyl groups excluding tert-OH is 2. The van der Waals surface area contributed by atoms with Gasteiger partial charge in [-0.15, -0.1) is 5.10 Å². The molecule has 0 spiro atoms. The lowest BCUT2D eigenvalue weighted by molar-refractivity contribution is -0.0622. The molecule has 9 N–H and O–H groups in total. The van der Waals surface area contributed by atoms with Crippen LogP contribution in [0.25, 0.3) is 10.9 Å². The molecule has 6 atom stereocenters. The highest BCUT2D eigenvalue weighted by Gasteiger charge is 2.58. The van der Waals surface area contributed by atoms with Gasteiger partial charge in [-0.05, 0) is 0 Å². The molecule has 0 aromatic carbocycles. The number of hydrogen-bond acceptors (Lipinski definition) is 15. The maximum atomic E-state index is 12.1. The molecule has 1 aliphatic heterocycles. The van der Waals surface area contributed by atoms with Crippen LogP contribution in [0.2, 0.25) is 0 Å². The molecule has 3 heterocycles. The van der Waals surface area contributed by atoms with Gasteiger partial charge < -0.3 is 40.3 Å². The zero-order chi connectivity index (χ0) is 26.4. The number of aliphatic hydroxyl groups is 2. The first-order chi connectivity index (χ1) is 16.0. The summed E-state index contributed by atoms with van der Waals surface area (Å²) in [6.45, 7) is -1.19. The normalized spacial score (nSPS) is 28.3. The minimum absolute atomic E-state index is 0.221. The predicted molar refractivity (Wildman–Crippen MR) is 106 cm³/mol. The smallest absolute Gasteiger partial charge is 0.387 e. The lowest BCUT2D eigenvalue weighted by atomic mass is 9.91. The molecule has 0 bridgehead atoms. The molecule has 2 unspecified atom stereocenters. The number of nitriles is 1. The number of nitrogen functional groups attached to an aromatic ring is 1. The number of fused-ring (bicyclic) bond motifs is 1. The Balaban J connectivity index is 1.88. The summed E-state index contributed by atoms with van der Waals surface area (Å²) in [6, 6.07) is 1.56. The first-order valence-corrected chi connectivity index (χ1v) is 13.3. The van der Waals surface area contributed by atoms with Gasteiger partial charge >= 0.3 is 23.5 Å². The van der Waals surface area contributed by atoms with E-state index in [1.54, 1.807) is 6.07 Å². The lowest BCUT2D eigenvalue weighted by Gasteiger charge is -2.24. The van der Waals surface area contributed by atoms with Gasteiger partial charge in [-0.2, -0.15) is 19.0 Å². The summed E-state index contributed by atoms with van der Waals surface area (Å²) in [4.78, 5) is 53.9. The van der Waals surface area contributed by atoms with Crippen molar-refractivity contribution in [3.8, 4) is 6.07 Å². The fourth-order valence-electron chi connectivity index (χ4n) is 3.01. The average molecular weight is 560 g/mol. The number of nitrogens with one attached hydrogen (secondary N) is 1. The number of anilines is 1. The van der Waals surface area contributed by atoms with Crippen molar-refractivity contribution in [2.24, 2.45) is 0 Å². The zero-order valence-electron chi connectivity index (χ0n) is 16.7. The topological polar surface area (TPSA) is 331 Å². The molecular weight excluding hydrogens is 545 g/mol. The fourth-order valence-corrected chi connectivity index (χ4v) is 6.04. The van der Waals surface area contributed by atoms with Crippen LogP contribution in [0.4, 0.5) is 5.95 Å². The SMILES string of the molecule is N#C[C@@]1(c2nncc3c(=O)[nH]c(N)nc23)O[C@H](COP(=O)(O)OP(=O)(O)OP(=O)(O)O)[C@@H](O)[C@H]1O. The van der Waals surface area contributed by atoms with E-state index >= 15 is 0 Å². The standard InChI is InChI=1S/C12H15N6O14P3/c13-3-12(8-6-4(1-15-18-8)10(21)17-11(14)16-6)9(20)7(19)5(30-12)2-29-34(25,26)32-35(27,28)31-33(22,23)24/h1,5,7,9,19-20H,2H2,(H,25,26)(H,27,28)(H2,22,23,24)(H3,14,16,17,21)/t5-,7-,9-,12+/m1/s1. The highest BCUT2D eigenvalue weighted by molar-refractivity contribution is 7.66. The Morgan fingerprint density at radius 1 is 1.20 bits per heavy atom. The van der Waals surface area contributed by atoms with Gasteiger partial charge in [-0.3, -0.25) is 14.3 Å². The second-order valence-electron chi connectivity index (χ2n) is 6.73. The van der Waals surface area contributed by atoms with E-state index in [0.29, 0.717) is 0 Å². The van der Waals surface area contributed by atoms with Crippen molar-refractivity contribution < 1.29 is 61.4 Å². The van der Waals surface area contributed by atoms with E-state index in [0.717, 1.165) is 6.20 Å². The summed E-state index contributed by atoms with van der Waals surface area (Å²) >= 11 is 0. The maximum Gasteiger partial charge on any atom is 0.490 e. The molecule has 0 amide bonds. The second kappa shape index (κ2) is 9.35. The van der Waals surface area contributed by atoms with E-state index in [1.165, 1.54) is 0 Å². The van der Waals surface area contributed by atoms with Crippen molar-refractivity contribution in [1.82, 2.24) is 20.2 Å². The highest BCUT2D eigenvalue weighted by Crippen LogP contribution is 2.66. The lowest BCUT2D eigenvalue weighted by Crippen LogP contribution is -2.41. The highest BCUT2D eigenvalue weighted by atomic mass is 31.3. The van der Waals surface area contributed by atoms with Crippen molar-refractivity contribution in [3.63, 3.8) is 0 Å². The number of nitrogens with zero attached hydrogens (tertiary/aromatic N) is 4. The number of aromatic nitrogens is 4. The van der Waals surface area contributed by atoms with E-state index in [1.807, 2.05) is 0 Å². The molecule has 35 heavy (non-hydrogen) atoms. The summed E-state index contributed by atoms with van der Waals surface area (Å²) < 4.78 is 50.8. The predicted octanol–water partition coefficient (Wildman–Crippen LogP) is -2.52. The van der Waals surface area contributed by atoms with Crippen LogP contribution in [0.5, 0.6) is 0 Å². The van der Waals surface area contributed by atoms with Gasteiger partial charge in [0.1, 0.15) is 35.6 Å². The second-order valence-corrected chi connectivity index (χ2v) is 11.2. The number of nitrogens with two attached hydrogens (primary N) is 1. The molecule has 192 valence electrons. The van der Waals surface area contributed by atoms with Crippen molar-refractivity contribution in [2.45, 2.75) is 23.9 Å². The quantitative estimate of drug-likeness (QED) is 0.154. The van der Waals surface area contributed by atoms with Gasteiger partial charge in [0.15, 0.2) is 0 Å². The van der Waals surface area contributed by atoms with Crippen LogP contribution >= 0.6 is 23.5 Å². The molecular formula is C12H15N6O14P3. The monoisotopic (exact) mass is 560 g/mol. The molecule has 1 saturated heterocycles. The summed E-state index contributed by atoms with van der Waals surface area (Å²) in [5.41, 5.74) is 1.27. The molecule has 1 fully saturated rings. The van der Waals surface area contributed by atoms with Crippen LogP contribution < -0.4 is 11.3 Å². The number of aromatic amines is 1. The first kappa shape index (κ1) is 27.4. The molecule has 0 aliphatic carbocycles. The fraction of sp³-hybridized carbons (Fsp3) is 0.417. The van der Waals surface area contributed by atoms with Crippen LogP contribution in [0.3, 0.4) is 0 Å². The van der Waals surface area contributed by atoms with E-state index < -0.39 is 71.2 Å². The molecule has 1 aliphatic rings. The Morgan fingerprint density at radius 2 is 1.86 bits per heavy atom. The Morgan fingerprint density at radius 3 is 2.46 bits per heavy atom. The summed E-state index contributed by atoms with van der Waals surface area (Å²) in [5.74, 6) is -0.401. The summed E-state index contributed by atoms with van der Waals surface area (Å²) in [7, 11) is -17.1. The number of ether oxygens (including phenoxy) is 1. The van der Waals surface area contributed by atoms with Gasteiger partial charge in [0, 0.05) is 0 Å². The van der Waals surface area contributed by atoms with Crippen LogP contribution in [0.1, 0.15) is 5.69 Å². The Hall–Kier alpha value is -2.20. The Labute approximate surface area is 192 Å². The Kier molecular flexibility index (Phi) is 7.32. The van der Waals surface area contributed by atoms with Crippen LogP contribution in [-0.4, -0.2) is 74.9 Å². The van der Waals surface area contributed by atoms with E-state index in [2.05, 4.69) is 33.3 Å². The number of H-pyrrole nitrogens is 1. The van der Waals surface area contributed by atoms with Crippen molar-refractivity contribution in [3.05, 3.63) is 22.2 Å². The molecule has 0 saturated carbocycles. The number of rotatable bonds is 8. The molecule has 2 aromatic heterocycles. The summed E-state index contributed by atoms with van der Waals surface area (Å²) in [5, 5.41) is 37.6. The van der Waals surface area contributed by atoms with Crippen molar-refractivity contribution in [1.29, 1.82) is 5.26 Å². The van der Waals surface area contributed by atoms with Gasteiger partial charge in [0.2, 0.25) is 11.5 Å². The van der Waals surface area contributed by atoms with Crippen LogP contribution in [-0.2, 0) is 37.2 Å². The average Bonchev–Trinajstić information content (AvgIpc) is 2.94. The number of phosphoric ester groups is 1. The van der Waals surface area contributed by atoms with Gasteiger partial charge in [0.25, 0.3) is 5.56 Å². The van der Waals surface area contributed by atoms with Gasteiger partial charge in [-0.1, -0.05) is 0 Å². The summed E-state index contributed by atoms with van der Waals surface area (Å²) in [6.07, 6.45) is -5.01. The largest absolute Gasteiger partial charge is 0.490 e. The minimum Gasteiger partial charge on any atom is -0.387 e. The minimum atomic E-state index is -5.82. The van der Waals surface area contributed by atoms with Gasteiger partial charge in [0.05, 0.1) is 18.2 Å². The number of hydrogen-bond donors (Lipinski definition) is 8. The molecule has 20 nitrogen and oxygen atoms in total. The van der Waals surface area contributed by atoms with Crippen LogP contribution in [0, 0.1) is 11.3 Å². The number of phosphoric acid groups is 3. The van der Waals surface area contributed by atoms with E-state index in [-0.39, 0.29) is 10.9 Å². The third-order valence-electron chi connectivity index (χ3n) is 4.34. The van der Waals surface area contributed by atoms with E-state index in [4.69, 9.17) is 25.2 Å². The van der Waals surface area contributed by atoms with Crippen molar-refractivity contribution >= 4 is 40.3 Å². The third-order valence-corrected chi connectivity index (χ3v) is 8.14. The maximum absolute atomic E-state index is 12.1. The molecule has 2 aromatic rings. The van der Waals surface area contributed by atoms with Crippen molar-refractivity contribution in [2.75, 3.05) is 12.3 Å². The molecule has 0 radical (unpaired) electrons. The third kappa shape index (κ3) is 5.80. The first-order valence-electron chi connectivity index (χ1n) is 8.75. The molecule has 23 heteroatoms. The zero-order valence-corrected chi connectivity index (χ0v) is 19.4. The Bertz CT molecular complexity index is 1390.